The molecule has 0 amide bonds. The molecule has 168 valence electrons. The first-order valence-electron chi connectivity index (χ1n) is 9.91. The van der Waals surface area contributed by atoms with Gasteiger partial charge in [-0.3, -0.25) is 5.41 Å². The first kappa shape index (κ1) is 26.9. The normalized spacial score (nSPS) is 12.5. The smallest absolute Gasteiger partial charge is 0.208 e. The highest BCUT2D eigenvalue weighted by molar-refractivity contribution is 8.01. The molecule has 4 N–H and O–H groups in total. The van der Waals surface area contributed by atoms with Crippen LogP contribution in [0.4, 0.5) is 0 Å². The van der Waals surface area contributed by atoms with Crippen molar-refractivity contribution in [3.8, 4) is 0 Å². The highest BCUT2D eigenvalue weighted by Gasteiger charge is 2.25. The van der Waals surface area contributed by atoms with E-state index in [1.807, 2.05) is 39.8 Å². The Labute approximate surface area is 194 Å². The first-order chi connectivity index (χ1) is 14.6. The summed E-state index contributed by atoms with van der Waals surface area (Å²) >= 11 is 2.53. The van der Waals surface area contributed by atoms with Gasteiger partial charge in [-0.15, -0.1) is 23.1 Å². The number of hydrogen-bond acceptors (Lipinski definition) is 6. The molecule has 0 atom stereocenters. The minimum atomic E-state index is -3.78. The SMILES string of the molecule is CC.CC/C(C)=C\C(=C(\C)C=N)c1cccc(S(=O)(=O)c2cc(C(=N)N)sc2SC)c1. The van der Waals surface area contributed by atoms with Crippen LogP contribution >= 0.6 is 23.1 Å². The lowest BCUT2D eigenvalue weighted by molar-refractivity contribution is 0.595. The van der Waals surface area contributed by atoms with Crippen molar-refractivity contribution in [2.45, 2.75) is 55.0 Å². The Morgan fingerprint density at radius 3 is 2.39 bits per heavy atom. The van der Waals surface area contributed by atoms with Crippen LogP contribution in [0.15, 0.2) is 61.6 Å². The number of allylic oxidation sites excluding steroid dienone is 4. The molecule has 2 aromatic rings. The summed E-state index contributed by atoms with van der Waals surface area (Å²) in [7, 11) is -3.78. The summed E-state index contributed by atoms with van der Waals surface area (Å²) < 4.78 is 27.3. The van der Waals surface area contributed by atoms with Gasteiger partial charge in [-0.1, -0.05) is 44.6 Å². The third-order valence-corrected chi connectivity index (χ3v) is 8.79. The van der Waals surface area contributed by atoms with Gasteiger partial charge in [0.15, 0.2) is 0 Å². The van der Waals surface area contributed by atoms with E-state index in [0.717, 1.165) is 28.7 Å². The van der Waals surface area contributed by atoms with Crippen LogP contribution in [-0.2, 0) is 9.84 Å². The van der Waals surface area contributed by atoms with Crippen molar-refractivity contribution in [2.24, 2.45) is 5.73 Å². The Morgan fingerprint density at radius 2 is 1.87 bits per heavy atom. The second-order valence-corrected chi connectivity index (χ2v) is 10.5. The summed E-state index contributed by atoms with van der Waals surface area (Å²) in [6.07, 6.45) is 5.95. The van der Waals surface area contributed by atoms with Crippen LogP contribution in [-0.4, -0.2) is 26.7 Å². The molecule has 1 aromatic heterocycles. The number of thiophene rings is 1. The molecule has 0 radical (unpaired) electrons. The van der Waals surface area contributed by atoms with Crippen molar-refractivity contribution in [3.63, 3.8) is 0 Å². The molecule has 1 heterocycles. The lowest BCUT2D eigenvalue weighted by atomic mass is 9.98. The van der Waals surface area contributed by atoms with E-state index in [-0.39, 0.29) is 15.6 Å². The topological polar surface area (TPSA) is 108 Å². The minimum absolute atomic E-state index is 0.146. The Bertz CT molecular complexity index is 1110. The largest absolute Gasteiger partial charge is 0.383 e. The first-order valence-corrected chi connectivity index (χ1v) is 13.4. The Morgan fingerprint density at radius 1 is 1.23 bits per heavy atom. The van der Waals surface area contributed by atoms with Crippen LogP contribution in [0.5, 0.6) is 0 Å². The molecule has 0 spiro atoms. The Hall–Kier alpha value is -2.16. The van der Waals surface area contributed by atoms with Gasteiger partial charge in [0.2, 0.25) is 9.84 Å². The molecule has 0 bridgehead atoms. The van der Waals surface area contributed by atoms with E-state index in [0.29, 0.717) is 9.09 Å². The summed E-state index contributed by atoms with van der Waals surface area (Å²) in [6, 6.07) is 8.26. The van der Waals surface area contributed by atoms with E-state index in [2.05, 4.69) is 6.92 Å². The molecule has 8 heteroatoms. The maximum atomic E-state index is 13.3. The van der Waals surface area contributed by atoms with Crippen LogP contribution in [0.25, 0.3) is 5.57 Å². The molecule has 5 nitrogen and oxygen atoms in total. The van der Waals surface area contributed by atoms with E-state index >= 15 is 0 Å². The molecule has 31 heavy (non-hydrogen) atoms. The molecular weight excluding hydrogens is 446 g/mol. The second-order valence-electron chi connectivity index (χ2n) is 6.50. The van der Waals surface area contributed by atoms with Gasteiger partial charge in [-0.05, 0) is 61.4 Å². The van der Waals surface area contributed by atoms with Gasteiger partial charge in [-0.2, -0.15) is 0 Å². The van der Waals surface area contributed by atoms with Gasteiger partial charge >= 0.3 is 0 Å². The number of nitrogens with one attached hydrogen (secondary N) is 2. The second kappa shape index (κ2) is 12.0. The number of sulfone groups is 1. The zero-order valence-electron chi connectivity index (χ0n) is 18.9. The zero-order chi connectivity index (χ0) is 23.8. The quantitative estimate of drug-likeness (QED) is 0.177. The molecular formula is C23H31N3O2S3. The van der Waals surface area contributed by atoms with Gasteiger partial charge in [0, 0.05) is 6.21 Å². The third kappa shape index (κ3) is 6.41. The molecule has 0 saturated carbocycles. The predicted octanol–water partition coefficient (Wildman–Crippen LogP) is 6.39. The number of nitrogens with two attached hydrogens (primary N) is 1. The number of rotatable bonds is 8. The van der Waals surface area contributed by atoms with Crippen LogP contribution in [0.3, 0.4) is 0 Å². The maximum absolute atomic E-state index is 13.3. The fourth-order valence-corrected chi connectivity index (χ4v) is 6.53. The molecule has 0 aliphatic rings. The van der Waals surface area contributed by atoms with Gasteiger partial charge < -0.3 is 11.1 Å². The lowest BCUT2D eigenvalue weighted by Gasteiger charge is -2.11. The summed E-state index contributed by atoms with van der Waals surface area (Å²) in [4.78, 5) is 0.786. The lowest BCUT2D eigenvalue weighted by Crippen LogP contribution is -2.09. The molecule has 0 unspecified atom stereocenters. The summed E-state index contributed by atoms with van der Waals surface area (Å²) in [5, 5.41) is 15.3. The molecule has 2 rings (SSSR count). The fourth-order valence-electron chi connectivity index (χ4n) is 2.63. The minimum Gasteiger partial charge on any atom is -0.383 e. The molecule has 0 aliphatic carbocycles. The Balaban J connectivity index is 0.00000233. The average molecular weight is 478 g/mol. The zero-order valence-corrected chi connectivity index (χ0v) is 21.3. The highest BCUT2D eigenvalue weighted by atomic mass is 32.2. The fraction of sp³-hybridized carbons (Fsp3) is 0.304. The summed E-state index contributed by atoms with van der Waals surface area (Å²) in [6.45, 7) is 9.90. The van der Waals surface area contributed by atoms with Crippen molar-refractivity contribution < 1.29 is 8.42 Å². The number of benzene rings is 1. The number of amidine groups is 1. The van der Waals surface area contributed by atoms with Crippen LogP contribution in [0, 0.1) is 10.8 Å². The van der Waals surface area contributed by atoms with E-state index < -0.39 is 9.84 Å². The van der Waals surface area contributed by atoms with Crippen molar-refractivity contribution in [1.82, 2.24) is 0 Å². The number of hydrogen-bond donors (Lipinski definition) is 3. The Kier molecular flexibility index (Phi) is 10.4. The standard InChI is InChI=1S/C21H25N3O2S3.C2H6/c1-5-13(2)9-17(14(3)12-22)15-7-6-8-16(10-15)29(25,26)19-11-18(20(23)24)28-21(19)27-4;1-2/h6-12,22H,5H2,1-4H3,(H3,23,24);1-2H3/b13-9-,17-14+,22-12?;. The van der Waals surface area contributed by atoms with Gasteiger partial charge in [0.1, 0.15) is 5.84 Å². The summed E-state index contributed by atoms with van der Waals surface area (Å²) in [5.74, 6) is -0.146. The van der Waals surface area contributed by atoms with Crippen LogP contribution < -0.4 is 5.73 Å². The van der Waals surface area contributed by atoms with E-state index in [4.69, 9.17) is 16.6 Å². The highest BCUT2D eigenvalue weighted by Crippen LogP contribution is 2.37. The van der Waals surface area contributed by atoms with Crippen molar-refractivity contribution in [3.05, 3.63) is 58.0 Å². The van der Waals surface area contributed by atoms with Gasteiger partial charge in [-0.25, -0.2) is 8.42 Å². The van der Waals surface area contributed by atoms with E-state index in [9.17, 15) is 8.42 Å². The van der Waals surface area contributed by atoms with Crippen molar-refractivity contribution >= 4 is 50.6 Å². The van der Waals surface area contributed by atoms with E-state index in [1.54, 1.807) is 24.5 Å². The predicted molar refractivity (Wildman–Crippen MR) is 136 cm³/mol. The third-order valence-electron chi connectivity index (χ3n) is 4.45. The average Bonchev–Trinajstić information content (AvgIpc) is 3.24. The monoisotopic (exact) mass is 477 g/mol. The number of nitrogen functional groups attached to an aromatic ring is 1. The summed E-state index contributed by atoms with van der Waals surface area (Å²) in [5.41, 5.74) is 9.03. The molecule has 0 saturated heterocycles. The number of thioether (sulfide) groups is 1. The van der Waals surface area contributed by atoms with Gasteiger partial charge in [0.25, 0.3) is 0 Å². The molecule has 0 fully saturated rings. The van der Waals surface area contributed by atoms with Crippen molar-refractivity contribution in [1.29, 1.82) is 10.8 Å². The van der Waals surface area contributed by atoms with Crippen LogP contribution in [0.1, 0.15) is 51.5 Å². The molecule has 1 aromatic carbocycles. The maximum Gasteiger partial charge on any atom is 0.208 e. The van der Waals surface area contributed by atoms with Gasteiger partial charge in [0.05, 0.1) is 18.9 Å². The van der Waals surface area contributed by atoms with E-state index in [1.165, 1.54) is 35.4 Å². The molecule has 0 aliphatic heterocycles. The van der Waals surface area contributed by atoms with Crippen molar-refractivity contribution in [2.75, 3.05) is 6.26 Å². The van der Waals surface area contributed by atoms with Crippen LogP contribution in [0.2, 0.25) is 0 Å².